The van der Waals surface area contributed by atoms with Crippen molar-refractivity contribution in [1.82, 2.24) is 10.6 Å². The molecule has 0 heterocycles. The van der Waals surface area contributed by atoms with E-state index < -0.39 is 24.1 Å². The van der Waals surface area contributed by atoms with Crippen LogP contribution in [0.25, 0.3) is 0 Å². The summed E-state index contributed by atoms with van der Waals surface area (Å²) in [5, 5.41) is 24.4. The lowest BCUT2D eigenvalue weighted by molar-refractivity contribution is -0.125. The number of alkyl carbamates (subject to hydrolysis) is 1. The summed E-state index contributed by atoms with van der Waals surface area (Å²) in [6, 6.07) is 14.5. The first-order chi connectivity index (χ1) is 13.9. The average Bonchev–Trinajstić information content (AvgIpc) is 2.72. The minimum atomic E-state index is -0.799. The van der Waals surface area contributed by atoms with Crippen LogP contribution in [-0.2, 0) is 22.6 Å². The van der Waals surface area contributed by atoms with E-state index in [0.29, 0.717) is 6.42 Å². The summed E-state index contributed by atoms with van der Waals surface area (Å²) in [7, 11) is 0. The van der Waals surface area contributed by atoms with Crippen LogP contribution >= 0.6 is 0 Å². The molecule has 156 valence electrons. The quantitative estimate of drug-likeness (QED) is 0.517. The SMILES string of the molecule is CC(C)[C@H](NC(=O)OCc1ccccc1)C(=O)NC(CO)Cc1ccc(O)cc1. The highest BCUT2D eigenvalue weighted by Crippen LogP contribution is 2.12. The number of phenolic OH excluding ortho intramolecular Hbond substituents is 1. The second-order valence-electron chi connectivity index (χ2n) is 7.19. The van der Waals surface area contributed by atoms with Crippen LogP contribution < -0.4 is 10.6 Å². The maximum atomic E-state index is 12.7. The summed E-state index contributed by atoms with van der Waals surface area (Å²) in [4.78, 5) is 24.8. The highest BCUT2D eigenvalue weighted by molar-refractivity contribution is 5.86. The zero-order valence-corrected chi connectivity index (χ0v) is 16.7. The Morgan fingerprint density at radius 2 is 1.62 bits per heavy atom. The van der Waals surface area contributed by atoms with Crippen LogP contribution in [0.5, 0.6) is 5.75 Å². The molecule has 0 bridgehead atoms. The van der Waals surface area contributed by atoms with Crippen LogP contribution in [-0.4, -0.2) is 40.9 Å². The van der Waals surface area contributed by atoms with E-state index in [4.69, 9.17) is 4.74 Å². The predicted octanol–water partition coefficient (Wildman–Crippen LogP) is 2.36. The Balaban J connectivity index is 1.91. The molecule has 7 nitrogen and oxygen atoms in total. The number of aromatic hydroxyl groups is 1. The molecule has 2 atom stereocenters. The number of benzene rings is 2. The minimum absolute atomic E-state index is 0.110. The summed E-state index contributed by atoms with van der Waals surface area (Å²) in [5.41, 5.74) is 1.71. The van der Waals surface area contributed by atoms with Gasteiger partial charge in [0.05, 0.1) is 12.6 Å². The summed E-state index contributed by atoms with van der Waals surface area (Å²) >= 11 is 0. The number of nitrogens with one attached hydrogen (secondary N) is 2. The lowest BCUT2D eigenvalue weighted by Gasteiger charge is -2.24. The van der Waals surface area contributed by atoms with E-state index in [1.807, 2.05) is 44.2 Å². The number of ether oxygens (including phenoxy) is 1. The van der Waals surface area contributed by atoms with Gasteiger partial charge in [0, 0.05) is 0 Å². The van der Waals surface area contributed by atoms with Crippen LogP contribution in [0.15, 0.2) is 54.6 Å². The molecule has 0 saturated heterocycles. The van der Waals surface area contributed by atoms with Crippen molar-refractivity contribution < 1.29 is 24.5 Å². The van der Waals surface area contributed by atoms with Crippen LogP contribution in [0.4, 0.5) is 4.79 Å². The topological polar surface area (TPSA) is 108 Å². The average molecular weight is 400 g/mol. The Bertz CT molecular complexity index is 778. The fourth-order valence-electron chi connectivity index (χ4n) is 2.80. The fourth-order valence-corrected chi connectivity index (χ4v) is 2.80. The third-order valence-electron chi connectivity index (χ3n) is 4.42. The number of aliphatic hydroxyl groups is 1. The second kappa shape index (κ2) is 11.1. The van der Waals surface area contributed by atoms with Crippen LogP contribution in [0.3, 0.4) is 0 Å². The van der Waals surface area contributed by atoms with E-state index in [9.17, 15) is 19.8 Å². The first-order valence-electron chi connectivity index (χ1n) is 9.55. The van der Waals surface area contributed by atoms with Gasteiger partial charge in [-0.3, -0.25) is 4.79 Å². The molecule has 4 N–H and O–H groups in total. The number of hydrogen-bond donors (Lipinski definition) is 4. The van der Waals surface area contributed by atoms with Gasteiger partial charge in [-0.05, 0) is 35.6 Å². The first-order valence-corrected chi connectivity index (χ1v) is 9.55. The third-order valence-corrected chi connectivity index (χ3v) is 4.42. The second-order valence-corrected chi connectivity index (χ2v) is 7.19. The Morgan fingerprint density at radius 1 is 0.966 bits per heavy atom. The number of rotatable bonds is 9. The van der Waals surface area contributed by atoms with Gasteiger partial charge in [0.15, 0.2) is 0 Å². The molecule has 2 aromatic carbocycles. The lowest BCUT2D eigenvalue weighted by Crippen LogP contribution is -2.53. The van der Waals surface area contributed by atoms with Crippen molar-refractivity contribution in [3.8, 4) is 5.75 Å². The third kappa shape index (κ3) is 7.46. The van der Waals surface area contributed by atoms with E-state index in [0.717, 1.165) is 11.1 Å². The number of carbonyl (C=O) groups excluding carboxylic acids is 2. The molecule has 0 aliphatic heterocycles. The van der Waals surface area contributed by atoms with Crippen LogP contribution in [0, 0.1) is 5.92 Å². The van der Waals surface area contributed by atoms with Gasteiger partial charge in [-0.15, -0.1) is 0 Å². The zero-order chi connectivity index (χ0) is 21.2. The molecule has 0 aliphatic carbocycles. The van der Waals surface area contributed by atoms with Gasteiger partial charge < -0.3 is 25.6 Å². The number of carbonyl (C=O) groups is 2. The molecule has 0 radical (unpaired) electrons. The van der Waals surface area contributed by atoms with Gasteiger partial charge in [0.2, 0.25) is 5.91 Å². The molecule has 7 heteroatoms. The number of aliphatic hydroxyl groups excluding tert-OH is 1. The fraction of sp³-hybridized carbons (Fsp3) is 0.364. The van der Waals surface area contributed by atoms with E-state index in [-0.39, 0.29) is 24.9 Å². The molecule has 1 unspecified atom stereocenters. The zero-order valence-electron chi connectivity index (χ0n) is 16.7. The van der Waals surface area contributed by atoms with E-state index in [1.54, 1.807) is 24.3 Å². The van der Waals surface area contributed by atoms with E-state index >= 15 is 0 Å². The first kappa shape index (κ1) is 22.2. The van der Waals surface area contributed by atoms with Crippen LogP contribution in [0.1, 0.15) is 25.0 Å². The predicted molar refractivity (Wildman–Crippen MR) is 109 cm³/mol. The summed E-state index contributed by atoms with van der Waals surface area (Å²) in [6.45, 7) is 3.49. The Kier molecular flexibility index (Phi) is 8.48. The van der Waals surface area contributed by atoms with Crippen molar-refractivity contribution >= 4 is 12.0 Å². The largest absolute Gasteiger partial charge is 0.508 e. The molecule has 0 fully saturated rings. The molecule has 0 aliphatic rings. The summed E-state index contributed by atoms with van der Waals surface area (Å²) in [5.74, 6) is -0.418. The van der Waals surface area contributed by atoms with Gasteiger partial charge in [-0.2, -0.15) is 0 Å². The molecule has 2 rings (SSSR count). The van der Waals surface area contributed by atoms with Crippen molar-refractivity contribution in [3.63, 3.8) is 0 Å². The van der Waals surface area contributed by atoms with Crippen molar-refractivity contribution in [2.75, 3.05) is 6.61 Å². The monoisotopic (exact) mass is 400 g/mol. The molecular formula is C22H28N2O5. The Hall–Kier alpha value is -3.06. The lowest BCUT2D eigenvalue weighted by atomic mass is 10.0. The van der Waals surface area contributed by atoms with Crippen molar-refractivity contribution in [3.05, 3.63) is 65.7 Å². The van der Waals surface area contributed by atoms with Gasteiger partial charge >= 0.3 is 6.09 Å². The summed E-state index contributed by atoms with van der Waals surface area (Å²) in [6.07, 6.45) is -0.284. The highest BCUT2D eigenvalue weighted by Gasteiger charge is 2.26. The molecule has 29 heavy (non-hydrogen) atoms. The normalized spacial score (nSPS) is 12.8. The van der Waals surface area contributed by atoms with Crippen molar-refractivity contribution in [2.45, 2.75) is 39.0 Å². The van der Waals surface area contributed by atoms with Gasteiger partial charge in [-0.25, -0.2) is 4.79 Å². The Labute approximate surface area is 170 Å². The maximum Gasteiger partial charge on any atom is 0.408 e. The molecule has 2 amide bonds. The summed E-state index contributed by atoms with van der Waals surface area (Å²) < 4.78 is 5.19. The number of hydrogen-bond acceptors (Lipinski definition) is 5. The van der Waals surface area contributed by atoms with Crippen molar-refractivity contribution in [2.24, 2.45) is 5.92 Å². The maximum absolute atomic E-state index is 12.7. The van der Waals surface area contributed by atoms with Gasteiger partial charge in [0.25, 0.3) is 0 Å². The highest BCUT2D eigenvalue weighted by atomic mass is 16.5. The van der Waals surface area contributed by atoms with Gasteiger partial charge in [0.1, 0.15) is 18.4 Å². The molecule has 0 saturated carbocycles. The van der Waals surface area contributed by atoms with E-state index in [2.05, 4.69) is 10.6 Å². The standard InChI is InChI=1S/C22H28N2O5/c1-15(2)20(24-22(28)29-14-17-6-4-3-5-7-17)21(27)23-18(13-25)12-16-8-10-19(26)11-9-16/h3-11,15,18,20,25-26H,12-14H2,1-2H3,(H,23,27)(H,24,28)/t18?,20-/m0/s1. The van der Waals surface area contributed by atoms with E-state index in [1.165, 1.54) is 0 Å². The molecular weight excluding hydrogens is 372 g/mol. The van der Waals surface area contributed by atoms with Crippen LogP contribution in [0.2, 0.25) is 0 Å². The van der Waals surface area contributed by atoms with Gasteiger partial charge in [-0.1, -0.05) is 56.3 Å². The number of phenols is 1. The molecule has 0 spiro atoms. The molecule has 0 aromatic heterocycles. The minimum Gasteiger partial charge on any atom is -0.508 e. The molecule has 2 aromatic rings. The Morgan fingerprint density at radius 3 is 2.21 bits per heavy atom. The number of amides is 2. The van der Waals surface area contributed by atoms with Crippen molar-refractivity contribution in [1.29, 1.82) is 0 Å². The smallest absolute Gasteiger partial charge is 0.408 e.